The second-order valence-electron chi connectivity index (χ2n) is 6.40. The molecule has 0 saturated heterocycles. The average molecular weight is 489 g/mol. The van der Waals surface area contributed by atoms with E-state index in [1.54, 1.807) is 47.3 Å². The van der Waals surface area contributed by atoms with E-state index in [0.29, 0.717) is 32.0 Å². The molecule has 0 atom stereocenters. The Morgan fingerprint density at radius 2 is 1.97 bits per heavy atom. The summed E-state index contributed by atoms with van der Waals surface area (Å²) in [7, 11) is 0. The summed E-state index contributed by atoms with van der Waals surface area (Å²) in [6, 6.07) is 12.7. The molecule has 30 heavy (non-hydrogen) atoms. The normalized spacial score (nSPS) is 11.0. The van der Waals surface area contributed by atoms with Crippen molar-refractivity contribution in [2.45, 2.75) is 17.5 Å². The molecule has 2 aromatic carbocycles. The lowest BCUT2D eigenvalue weighted by Gasteiger charge is -2.10. The molecule has 4 rings (SSSR count). The van der Waals surface area contributed by atoms with Crippen molar-refractivity contribution in [2.75, 3.05) is 5.32 Å². The molecule has 0 saturated carbocycles. The first-order valence-electron chi connectivity index (χ1n) is 8.92. The van der Waals surface area contributed by atoms with E-state index in [-0.39, 0.29) is 18.0 Å². The Labute approximate surface area is 183 Å². The van der Waals surface area contributed by atoms with Gasteiger partial charge in [0.25, 0.3) is 0 Å². The first-order valence-corrected chi connectivity index (χ1v) is 10.7. The number of pyridine rings is 1. The molecular formula is C21H15BrF2N4OS. The molecule has 4 aromatic rings. The summed E-state index contributed by atoms with van der Waals surface area (Å²) in [5.74, 6) is -0.888. The van der Waals surface area contributed by atoms with Crippen LogP contribution < -0.4 is 5.32 Å². The number of hydrogen-bond acceptors (Lipinski definition) is 4. The van der Waals surface area contributed by atoms with Gasteiger partial charge >= 0.3 is 0 Å². The zero-order chi connectivity index (χ0) is 21.1. The zero-order valence-corrected chi connectivity index (χ0v) is 17.9. The summed E-state index contributed by atoms with van der Waals surface area (Å²) < 4.78 is 30.3. The number of benzene rings is 2. The van der Waals surface area contributed by atoms with Crippen LogP contribution >= 0.6 is 27.7 Å². The highest BCUT2D eigenvalue weighted by atomic mass is 79.9. The van der Waals surface area contributed by atoms with Crippen molar-refractivity contribution in [3.63, 3.8) is 0 Å². The molecule has 0 fully saturated rings. The third-order valence-electron chi connectivity index (χ3n) is 4.34. The number of nitrogens with zero attached hydrogens (tertiary/aromatic N) is 3. The molecule has 0 bridgehead atoms. The van der Waals surface area contributed by atoms with Crippen LogP contribution in [-0.4, -0.2) is 20.4 Å². The zero-order valence-electron chi connectivity index (χ0n) is 15.5. The van der Waals surface area contributed by atoms with Gasteiger partial charge in [0.05, 0.1) is 22.9 Å². The van der Waals surface area contributed by atoms with Crippen LogP contribution in [0.5, 0.6) is 0 Å². The van der Waals surface area contributed by atoms with Gasteiger partial charge in [-0.15, -0.1) is 0 Å². The molecule has 2 aromatic heterocycles. The van der Waals surface area contributed by atoms with Gasteiger partial charge in [0.2, 0.25) is 5.91 Å². The molecule has 5 nitrogen and oxygen atoms in total. The fraction of sp³-hybridized carbons (Fsp3) is 0.0952. The lowest BCUT2D eigenvalue weighted by Crippen LogP contribution is -2.20. The Kier molecular flexibility index (Phi) is 6.10. The van der Waals surface area contributed by atoms with Gasteiger partial charge in [0, 0.05) is 16.4 Å². The fourth-order valence-corrected chi connectivity index (χ4v) is 4.23. The lowest BCUT2D eigenvalue weighted by molar-refractivity contribution is -0.116. The predicted octanol–water partition coefficient (Wildman–Crippen LogP) is 5.40. The van der Waals surface area contributed by atoms with Crippen LogP contribution in [0.3, 0.4) is 0 Å². The number of rotatable bonds is 6. The van der Waals surface area contributed by atoms with Gasteiger partial charge in [-0.3, -0.25) is 9.78 Å². The maximum atomic E-state index is 14.1. The third-order valence-corrected chi connectivity index (χ3v) is 5.86. The Morgan fingerprint density at radius 1 is 1.13 bits per heavy atom. The number of anilines is 1. The second-order valence-corrected chi connectivity index (χ2v) is 8.26. The SMILES string of the molecule is O=C(Cn1c(SCc2ccccc2F)nc2ccncc21)Nc1ccc(Br)cc1F. The van der Waals surface area contributed by atoms with E-state index in [1.165, 1.54) is 30.0 Å². The molecule has 0 aliphatic rings. The van der Waals surface area contributed by atoms with E-state index in [0.717, 1.165) is 0 Å². The van der Waals surface area contributed by atoms with Crippen molar-refractivity contribution in [3.05, 3.63) is 82.6 Å². The predicted molar refractivity (Wildman–Crippen MR) is 116 cm³/mol. The van der Waals surface area contributed by atoms with Gasteiger partial charge in [0.1, 0.15) is 18.2 Å². The van der Waals surface area contributed by atoms with Crippen molar-refractivity contribution >= 4 is 50.3 Å². The number of imidazole rings is 1. The topological polar surface area (TPSA) is 59.8 Å². The van der Waals surface area contributed by atoms with Gasteiger partial charge in [-0.05, 0) is 35.9 Å². The number of nitrogens with one attached hydrogen (secondary N) is 1. The van der Waals surface area contributed by atoms with Crippen LogP contribution in [0.15, 0.2) is 70.6 Å². The number of carbonyl (C=O) groups excluding carboxylic acids is 1. The molecule has 0 aliphatic heterocycles. The maximum Gasteiger partial charge on any atom is 0.244 e. The van der Waals surface area contributed by atoms with Crippen LogP contribution in [0.25, 0.3) is 11.0 Å². The van der Waals surface area contributed by atoms with Crippen LogP contribution in [0.4, 0.5) is 14.5 Å². The Hall–Kier alpha value is -2.78. The number of thioether (sulfide) groups is 1. The largest absolute Gasteiger partial charge is 0.322 e. The van der Waals surface area contributed by atoms with Crippen molar-refractivity contribution in [3.8, 4) is 0 Å². The molecule has 0 aliphatic carbocycles. The fourth-order valence-electron chi connectivity index (χ4n) is 2.89. The van der Waals surface area contributed by atoms with Crippen LogP contribution in [0.1, 0.15) is 5.56 Å². The molecule has 152 valence electrons. The van der Waals surface area contributed by atoms with Gasteiger partial charge in [-0.25, -0.2) is 13.8 Å². The van der Waals surface area contributed by atoms with Crippen LogP contribution in [-0.2, 0) is 17.1 Å². The maximum absolute atomic E-state index is 14.1. The van der Waals surface area contributed by atoms with Crippen molar-refractivity contribution in [1.82, 2.24) is 14.5 Å². The number of amides is 1. The van der Waals surface area contributed by atoms with Crippen molar-refractivity contribution in [1.29, 1.82) is 0 Å². The molecule has 0 radical (unpaired) electrons. The van der Waals surface area contributed by atoms with E-state index in [1.807, 2.05) is 0 Å². The van der Waals surface area contributed by atoms with Crippen molar-refractivity contribution in [2.24, 2.45) is 0 Å². The van der Waals surface area contributed by atoms with Gasteiger partial charge in [0.15, 0.2) is 5.16 Å². The summed E-state index contributed by atoms with van der Waals surface area (Å²) in [5, 5.41) is 3.13. The number of halogens is 3. The summed E-state index contributed by atoms with van der Waals surface area (Å²) in [5.41, 5.74) is 1.97. The first kappa shape index (κ1) is 20.5. The highest BCUT2D eigenvalue weighted by Crippen LogP contribution is 2.27. The molecule has 9 heteroatoms. The smallest absolute Gasteiger partial charge is 0.244 e. The highest BCUT2D eigenvalue weighted by molar-refractivity contribution is 9.10. The lowest BCUT2D eigenvalue weighted by atomic mass is 10.2. The minimum atomic E-state index is -0.538. The van der Waals surface area contributed by atoms with Gasteiger partial charge in [-0.2, -0.15) is 0 Å². The number of hydrogen-bond donors (Lipinski definition) is 1. The molecular weight excluding hydrogens is 474 g/mol. The third kappa shape index (κ3) is 4.52. The molecule has 1 N–H and O–H groups in total. The minimum absolute atomic E-state index is 0.0860. The van der Waals surface area contributed by atoms with Crippen LogP contribution in [0, 0.1) is 11.6 Å². The van der Waals surface area contributed by atoms with E-state index in [9.17, 15) is 13.6 Å². The first-order chi connectivity index (χ1) is 14.5. The standard InChI is InChI=1S/C21H15BrF2N4OS/c22-14-5-6-17(16(24)9-14)26-20(29)11-28-19-10-25-8-7-18(19)27-21(28)30-12-13-3-1-2-4-15(13)23/h1-10H,11-12H2,(H,26,29). The summed E-state index contributed by atoms with van der Waals surface area (Å²) >= 11 is 4.51. The average Bonchev–Trinajstić information content (AvgIpc) is 3.07. The minimum Gasteiger partial charge on any atom is -0.322 e. The number of fused-ring (bicyclic) bond motifs is 1. The Bertz CT molecular complexity index is 1230. The van der Waals surface area contributed by atoms with E-state index in [2.05, 4.69) is 31.2 Å². The summed E-state index contributed by atoms with van der Waals surface area (Å²) in [6.45, 7) is -0.0860. The second kappa shape index (κ2) is 8.93. The van der Waals surface area contributed by atoms with Gasteiger partial charge < -0.3 is 9.88 Å². The van der Waals surface area contributed by atoms with Crippen molar-refractivity contribution < 1.29 is 13.6 Å². The Balaban J connectivity index is 1.58. The summed E-state index contributed by atoms with van der Waals surface area (Å²) in [4.78, 5) is 21.3. The molecule has 0 spiro atoms. The van der Waals surface area contributed by atoms with E-state index < -0.39 is 11.7 Å². The van der Waals surface area contributed by atoms with Gasteiger partial charge in [-0.1, -0.05) is 45.9 Å². The van der Waals surface area contributed by atoms with Crippen LogP contribution in [0.2, 0.25) is 0 Å². The number of aromatic nitrogens is 3. The van der Waals surface area contributed by atoms with E-state index >= 15 is 0 Å². The molecule has 1 amide bonds. The molecule has 0 unspecified atom stereocenters. The van der Waals surface area contributed by atoms with E-state index in [4.69, 9.17) is 0 Å². The monoisotopic (exact) mass is 488 g/mol. The quantitative estimate of drug-likeness (QED) is 0.369. The Morgan fingerprint density at radius 3 is 2.77 bits per heavy atom. The number of carbonyl (C=O) groups is 1. The summed E-state index contributed by atoms with van der Waals surface area (Å²) in [6.07, 6.45) is 3.23. The highest BCUT2D eigenvalue weighted by Gasteiger charge is 2.16. The molecule has 2 heterocycles.